The Labute approximate surface area is 174 Å². The van der Waals surface area contributed by atoms with Crippen LogP contribution in [0.5, 0.6) is 0 Å². The average Bonchev–Trinajstić information content (AvgIpc) is 2.57. The van der Waals surface area contributed by atoms with Crippen molar-refractivity contribution in [2.24, 2.45) is 17.6 Å². The van der Waals surface area contributed by atoms with E-state index in [1.165, 1.54) is 51.4 Å². The standard InChI is InChI=1S/C24H48N2O2/c1-6-7-8-9-10-11-12-13-14-15-16-28-22(27)21(19-25)20-17-23(2,3)26-24(4,5)18-20/h20-21,26H,6-19,25H2,1-5H3. The zero-order valence-electron chi connectivity index (χ0n) is 19.4. The van der Waals surface area contributed by atoms with E-state index in [9.17, 15) is 4.79 Å². The molecule has 1 heterocycles. The molecule has 1 unspecified atom stereocenters. The molecule has 0 aromatic heterocycles. The molecule has 3 N–H and O–H groups in total. The van der Waals surface area contributed by atoms with Crippen LogP contribution >= 0.6 is 0 Å². The number of carbonyl (C=O) groups excluding carboxylic acids is 1. The molecule has 1 atom stereocenters. The fraction of sp³-hybridized carbons (Fsp3) is 0.958. The highest BCUT2D eigenvalue weighted by Gasteiger charge is 2.42. The van der Waals surface area contributed by atoms with E-state index in [0.717, 1.165) is 25.7 Å². The van der Waals surface area contributed by atoms with Gasteiger partial charge in [-0.2, -0.15) is 0 Å². The third kappa shape index (κ3) is 10.2. The molecule has 0 bridgehead atoms. The van der Waals surface area contributed by atoms with Crippen LogP contribution in [0.3, 0.4) is 0 Å². The molecule has 0 aromatic rings. The lowest BCUT2D eigenvalue weighted by Gasteiger charge is -2.48. The maximum atomic E-state index is 12.6. The van der Waals surface area contributed by atoms with Crippen LogP contribution in [-0.4, -0.2) is 30.2 Å². The molecule has 1 rings (SSSR count). The molecular formula is C24H48N2O2. The van der Waals surface area contributed by atoms with Gasteiger partial charge < -0.3 is 15.8 Å². The van der Waals surface area contributed by atoms with E-state index < -0.39 is 0 Å². The van der Waals surface area contributed by atoms with Crippen molar-refractivity contribution in [2.75, 3.05) is 13.2 Å². The number of hydrogen-bond donors (Lipinski definition) is 2. The first-order valence-corrected chi connectivity index (χ1v) is 11.9. The maximum Gasteiger partial charge on any atom is 0.310 e. The number of nitrogens with one attached hydrogen (secondary N) is 1. The van der Waals surface area contributed by atoms with Gasteiger partial charge in [0.15, 0.2) is 0 Å². The molecule has 4 nitrogen and oxygen atoms in total. The predicted molar refractivity (Wildman–Crippen MR) is 119 cm³/mol. The average molecular weight is 397 g/mol. The lowest BCUT2D eigenvalue weighted by Crippen LogP contribution is -2.59. The van der Waals surface area contributed by atoms with Crippen LogP contribution in [0.15, 0.2) is 0 Å². The number of nitrogens with two attached hydrogens (primary N) is 1. The summed E-state index contributed by atoms with van der Waals surface area (Å²) in [5, 5.41) is 3.68. The van der Waals surface area contributed by atoms with Crippen LogP contribution in [0.2, 0.25) is 0 Å². The molecule has 0 amide bonds. The molecular weight excluding hydrogens is 348 g/mol. The number of rotatable bonds is 14. The summed E-state index contributed by atoms with van der Waals surface area (Å²) in [5.41, 5.74) is 6.04. The van der Waals surface area contributed by atoms with Gasteiger partial charge in [0, 0.05) is 17.6 Å². The fourth-order valence-electron chi connectivity index (χ4n) is 5.04. The van der Waals surface area contributed by atoms with Crippen molar-refractivity contribution in [1.82, 2.24) is 5.32 Å². The number of ether oxygens (including phenoxy) is 1. The second-order valence-corrected chi connectivity index (χ2v) is 10.3. The summed E-state index contributed by atoms with van der Waals surface area (Å²) < 4.78 is 5.62. The SMILES string of the molecule is CCCCCCCCCCCCOC(=O)C(CN)C1CC(C)(C)NC(C)(C)C1. The number of piperidine rings is 1. The van der Waals surface area contributed by atoms with Gasteiger partial charge in [0.1, 0.15) is 0 Å². The smallest absolute Gasteiger partial charge is 0.310 e. The minimum Gasteiger partial charge on any atom is -0.465 e. The van der Waals surface area contributed by atoms with Gasteiger partial charge in [0.05, 0.1) is 12.5 Å². The van der Waals surface area contributed by atoms with Gasteiger partial charge in [-0.25, -0.2) is 0 Å². The molecule has 0 saturated carbocycles. The normalized spacial score (nSPS) is 20.1. The molecule has 1 saturated heterocycles. The van der Waals surface area contributed by atoms with Gasteiger partial charge in [-0.15, -0.1) is 0 Å². The summed E-state index contributed by atoms with van der Waals surface area (Å²) in [6.45, 7) is 12.0. The summed E-state index contributed by atoms with van der Waals surface area (Å²) in [6.07, 6.45) is 14.8. The van der Waals surface area contributed by atoms with Crippen molar-refractivity contribution in [3.05, 3.63) is 0 Å². The van der Waals surface area contributed by atoms with Gasteiger partial charge in [-0.05, 0) is 52.9 Å². The molecule has 0 aliphatic carbocycles. The monoisotopic (exact) mass is 396 g/mol. The van der Waals surface area contributed by atoms with Crippen molar-refractivity contribution in [2.45, 2.75) is 123 Å². The number of hydrogen-bond acceptors (Lipinski definition) is 4. The Morgan fingerprint density at radius 3 is 1.86 bits per heavy atom. The van der Waals surface area contributed by atoms with E-state index in [0.29, 0.717) is 13.2 Å². The van der Waals surface area contributed by atoms with E-state index in [-0.39, 0.29) is 28.9 Å². The van der Waals surface area contributed by atoms with Gasteiger partial charge >= 0.3 is 5.97 Å². The summed E-state index contributed by atoms with van der Waals surface area (Å²) in [4.78, 5) is 12.6. The van der Waals surface area contributed by atoms with E-state index in [2.05, 4.69) is 39.9 Å². The Hall–Kier alpha value is -0.610. The third-order valence-corrected chi connectivity index (χ3v) is 6.09. The summed E-state index contributed by atoms with van der Waals surface area (Å²) in [7, 11) is 0. The largest absolute Gasteiger partial charge is 0.465 e. The molecule has 1 fully saturated rings. The van der Waals surface area contributed by atoms with Gasteiger partial charge in [0.2, 0.25) is 0 Å². The molecule has 0 aromatic carbocycles. The molecule has 1 aliphatic rings. The molecule has 0 spiro atoms. The van der Waals surface area contributed by atoms with Crippen molar-refractivity contribution in [3.63, 3.8) is 0 Å². The third-order valence-electron chi connectivity index (χ3n) is 6.09. The van der Waals surface area contributed by atoms with Crippen molar-refractivity contribution in [1.29, 1.82) is 0 Å². The van der Waals surface area contributed by atoms with E-state index in [1.807, 2.05) is 0 Å². The highest BCUT2D eigenvalue weighted by atomic mass is 16.5. The lowest BCUT2D eigenvalue weighted by atomic mass is 9.71. The Bertz CT molecular complexity index is 418. The summed E-state index contributed by atoms with van der Waals surface area (Å²) in [6, 6.07) is 0. The highest BCUT2D eigenvalue weighted by Crippen LogP contribution is 2.37. The quantitative estimate of drug-likeness (QED) is 0.297. The molecule has 4 heteroatoms. The molecule has 0 radical (unpaired) electrons. The zero-order valence-corrected chi connectivity index (χ0v) is 19.4. The van der Waals surface area contributed by atoms with Gasteiger partial charge in [0.25, 0.3) is 0 Å². The molecule has 28 heavy (non-hydrogen) atoms. The van der Waals surface area contributed by atoms with Crippen LogP contribution < -0.4 is 11.1 Å². The lowest BCUT2D eigenvalue weighted by molar-refractivity contribution is -0.151. The Kier molecular flexibility index (Phi) is 11.7. The van der Waals surface area contributed by atoms with Crippen LogP contribution in [0, 0.1) is 11.8 Å². The fourth-order valence-corrected chi connectivity index (χ4v) is 5.04. The minimum absolute atomic E-state index is 0.0245. The number of unbranched alkanes of at least 4 members (excludes halogenated alkanes) is 9. The van der Waals surface area contributed by atoms with E-state index in [1.54, 1.807) is 0 Å². The van der Waals surface area contributed by atoms with Gasteiger partial charge in [-0.3, -0.25) is 4.79 Å². The topological polar surface area (TPSA) is 64.3 Å². The predicted octanol–water partition coefficient (Wildman–Crippen LogP) is 5.58. The van der Waals surface area contributed by atoms with Crippen molar-refractivity contribution < 1.29 is 9.53 Å². The van der Waals surface area contributed by atoms with Crippen LogP contribution in [-0.2, 0) is 9.53 Å². The zero-order chi connectivity index (χ0) is 21.0. The summed E-state index contributed by atoms with van der Waals surface area (Å²) in [5.74, 6) is 0.0251. The molecule has 166 valence electrons. The molecule has 1 aliphatic heterocycles. The van der Waals surface area contributed by atoms with Crippen LogP contribution in [0.1, 0.15) is 112 Å². The van der Waals surface area contributed by atoms with Crippen molar-refractivity contribution in [3.8, 4) is 0 Å². The van der Waals surface area contributed by atoms with E-state index in [4.69, 9.17) is 10.5 Å². The number of carbonyl (C=O) groups is 1. The first-order chi connectivity index (χ1) is 13.2. The first kappa shape index (κ1) is 25.4. The second kappa shape index (κ2) is 12.8. The van der Waals surface area contributed by atoms with Gasteiger partial charge in [-0.1, -0.05) is 64.7 Å². The van der Waals surface area contributed by atoms with Crippen molar-refractivity contribution >= 4 is 5.97 Å². The van der Waals surface area contributed by atoms with Crippen LogP contribution in [0.4, 0.5) is 0 Å². The van der Waals surface area contributed by atoms with Crippen LogP contribution in [0.25, 0.3) is 0 Å². The maximum absolute atomic E-state index is 12.6. The number of esters is 1. The Balaban J connectivity index is 2.21. The Morgan fingerprint density at radius 1 is 0.929 bits per heavy atom. The Morgan fingerprint density at radius 2 is 1.39 bits per heavy atom. The van der Waals surface area contributed by atoms with E-state index >= 15 is 0 Å². The first-order valence-electron chi connectivity index (χ1n) is 11.9. The highest BCUT2D eigenvalue weighted by molar-refractivity contribution is 5.73. The minimum atomic E-state index is -0.177. The summed E-state index contributed by atoms with van der Waals surface area (Å²) >= 11 is 0. The second-order valence-electron chi connectivity index (χ2n) is 10.3.